The van der Waals surface area contributed by atoms with Gasteiger partial charge < -0.3 is 4.81 Å². The van der Waals surface area contributed by atoms with Gasteiger partial charge in [-0.2, -0.15) is 0 Å². The molecule has 0 spiro atoms. The largest absolute Gasteiger partial charge is 0.404 e. The monoisotopic (exact) mass is 249 g/mol. The summed E-state index contributed by atoms with van der Waals surface area (Å²) >= 11 is 0. The van der Waals surface area contributed by atoms with Crippen molar-refractivity contribution in [3.63, 3.8) is 0 Å². The highest BCUT2D eigenvalue weighted by Gasteiger charge is 2.35. The number of para-hydroxylation sites is 1. The summed E-state index contributed by atoms with van der Waals surface area (Å²) in [5.41, 5.74) is 5.29. The maximum absolute atomic E-state index is 2.36. The van der Waals surface area contributed by atoms with Crippen LogP contribution in [-0.2, 0) is 7.05 Å². The van der Waals surface area contributed by atoms with Crippen LogP contribution in [0, 0.1) is 0 Å². The number of benzene rings is 1. The van der Waals surface area contributed by atoms with E-state index in [4.69, 9.17) is 0 Å². The van der Waals surface area contributed by atoms with Gasteiger partial charge in [0.05, 0.1) is 0 Å². The first-order chi connectivity index (χ1) is 9.18. The zero-order valence-corrected chi connectivity index (χ0v) is 11.7. The molecule has 0 aliphatic carbocycles. The second kappa shape index (κ2) is 4.58. The number of pyridine rings is 1. The first-order valence-electron chi connectivity index (χ1n) is 6.63. The molecule has 94 valence electrons. The lowest BCUT2D eigenvalue weighted by Crippen LogP contribution is -2.61. The number of hydrogen-bond donors (Lipinski definition) is 0. The van der Waals surface area contributed by atoms with Gasteiger partial charge in [0.1, 0.15) is 7.05 Å². The average molecular weight is 249 g/mol. The van der Waals surface area contributed by atoms with Crippen molar-refractivity contribution in [1.29, 1.82) is 0 Å². The van der Waals surface area contributed by atoms with Gasteiger partial charge in [-0.1, -0.05) is 35.8 Å². The molecule has 1 aromatic heterocycles. The molecule has 1 aliphatic rings. The minimum Gasteiger partial charge on any atom is -0.404 e. The van der Waals surface area contributed by atoms with Gasteiger partial charge in [-0.15, -0.1) is 0 Å². The minimum absolute atomic E-state index is 0.307. The number of hydrogen-bond acceptors (Lipinski definition) is 1. The summed E-state index contributed by atoms with van der Waals surface area (Å²) in [4.78, 5) is 2.36. The van der Waals surface area contributed by atoms with Crippen molar-refractivity contribution in [2.75, 3.05) is 11.9 Å². The van der Waals surface area contributed by atoms with E-state index in [1.807, 2.05) is 0 Å². The van der Waals surface area contributed by atoms with E-state index in [0.717, 1.165) is 0 Å². The molecule has 0 saturated carbocycles. The van der Waals surface area contributed by atoms with Crippen LogP contribution < -0.4 is 15.0 Å². The summed E-state index contributed by atoms with van der Waals surface area (Å²) in [5.74, 6) is 0. The van der Waals surface area contributed by atoms with Gasteiger partial charge in [-0.25, -0.2) is 4.57 Å². The molecular formula is C16H18BN2+. The van der Waals surface area contributed by atoms with Gasteiger partial charge in [-0.3, -0.25) is 0 Å². The standard InChI is InChI=1S/C16H18BN2/c1-13-12-14-8-4-5-9-15(14)19(3)17(13)16-10-6-7-11-18(16)2/h4-12H,1-3H3/q+1. The van der Waals surface area contributed by atoms with Crippen molar-refractivity contribution in [2.24, 2.45) is 7.05 Å². The summed E-state index contributed by atoms with van der Waals surface area (Å²) in [6, 6.07) is 14.9. The summed E-state index contributed by atoms with van der Waals surface area (Å²) in [6.45, 7) is 2.52. The van der Waals surface area contributed by atoms with Crippen molar-refractivity contribution >= 4 is 24.2 Å². The topological polar surface area (TPSA) is 7.12 Å². The molecule has 0 N–H and O–H groups in total. The maximum atomic E-state index is 2.36. The molecule has 2 nitrogen and oxygen atoms in total. The second-order valence-electron chi connectivity index (χ2n) is 5.20. The Hall–Kier alpha value is -2.03. The van der Waals surface area contributed by atoms with Gasteiger partial charge in [0.25, 0.3) is 0 Å². The Kier molecular flexibility index (Phi) is 2.90. The van der Waals surface area contributed by atoms with Crippen molar-refractivity contribution in [3.8, 4) is 0 Å². The van der Waals surface area contributed by atoms with E-state index in [-0.39, 0.29) is 0 Å². The molecule has 2 aromatic rings. The number of allylic oxidation sites excluding steroid dienone is 1. The molecule has 0 saturated heterocycles. The van der Waals surface area contributed by atoms with E-state index in [1.54, 1.807) is 0 Å². The molecule has 3 rings (SSSR count). The fourth-order valence-electron chi connectivity index (χ4n) is 2.95. The summed E-state index contributed by atoms with van der Waals surface area (Å²) < 4.78 is 2.20. The van der Waals surface area contributed by atoms with Crippen LogP contribution in [0.1, 0.15) is 12.5 Å². The number of fused-ring (bicyclic) bond motifs is 1. The third-order valence-electron chi connectivity index (χ3n) is 3.89. The van der Waals surface area contributed by atoms with Crippen LogP contribution >= 0.6 is 0 Å². The number of aromatic nitrogens is 1. The maximum Gasteiger partial charge on any atom is 0.399 e. The smallest absolute Gasteiger partial charge is 0.399 e. The lowest BCUT2D eigenvalue weighted by molar-refractivity contribution is -0.654. The van der Waals surface area contributed by atoms with E-state index >= 15 is 0 Å². The first kappa shape index (κ1) is 12.0. The first-order valence-corrected chi connectivity index (χ1v) is 6.63. The molecule has 0 radical (unpaired) electrons. The highest BCUT2D eigenvalue weighted by Crippen LogP contribution is 2.28. The average Bonchev–Trinajstić information content (AvgIpc) is 2.41. The molecule has 2 heterocycles. The van der Waals surface area contributed by atoms with E-state index < -0.39 is 0 Å². The van der Waals surface area contributed by atoms with Gasteiger partial charge in [0.2, 0.25) is 0 Å². The van der Waals surface area contributed by atoms with Crippen LogP contribution in [0.2, 0.25) is 0 Å². The van der Waals surface area contributed by atoms with Crippen LogP contribution in [0.15, 0.2) is 54.1 Å². The van der Waals surface area contributed by atoms with Crippen molar-refractivity contribution in [3.05, 3.63) is 59.7 Å². The predicted octanol–water partition coefficient (Wildman–Crippen LogP) is 1.80. The number of anilines is 1. The number of rotatable bonds is 1. The highest BCUT2D eigenvalue weighted by molar-refractivity contribution is 6.82. The Morgan fingerprint density at radius 1 is 1.05 bits per heavy atom. The van der Waals surface area contributed by atoms with Gasteiger partial charge in [-0.05, 0) is 31.7 Å². The number of nitrogens with zero attached hydrogens (tertiary/aromatic N) is 2. The molecule has 3 heteroatoms. The molecule has 0 amide bonds. The molecule has 19 heavy (non-hydrogen) atoms. The normalized spacial score (nSPS) is 14.2. The Bertz CT molecular complexity index is 649. The van der Waals surface area contributed by atoms with Crippen LogP contribution in [0.3, 0.4) is 0 Å². The fourth-order valence-corrected chi connectivity index (χ4v) is 2.95. The Morgan fingerprint density at radius 3 is 2.58 bits per heavy atom. The zero-order valence-electron chi connectivity index (χ0n) is 11.7. The van der Waals surface area contributed by atoms with Crippen LogP contribution in [0.25, 0.3) is 6.08 Å². The number of aryl methyl sites for hydroxylation is 1. The Morgan fingerprint density at radius 2 is 1.79 bits per heavy atom. The predicted molar refractivity (Wildman–Crippen MR) is 81.5 cm³/mol. The third-order valence-corrected chi connectivity index (χ3v) is 3.89. The van der Waals surface area contributed by atoms with Crippen LogP contribution in [-0.4, -0.2) is 13.9 Å². The zero-order chi connectivity index (χ0) is 13.4. The second-order valence-corrected chi connectivity index (χ2v) is 5.20. The van der Waals surface area contributed by atoms with Gasteiger partial charge >= 0.3 is 6.85 Å². The lowest BCUT2D eigenvalue weighted by Gasteiger charge is -2.31. The highest BCUT2D eigenvalue weighted by atomic mass is 15.1. The molecule has 0 fully saturated rings. The van der Waals surface area contributed by atoms with Crippen molar-refractivity contribution in [1.82, 2.24) is 0 Å². The summed E-state index contributed by atoms with van der Waals surface area (Å²) in [7, 11) is 4.28. The molecule has 0 atom stereocenters. The molecule has 0 unspecified atom stereocenters. The van der Waals surface area contributed by atoms with E-state index in [9.17, 15) is 0 Å². The van der Waals surface area contributed by atoms with Gasteiger partial charge in [0.15, 0.2) is 11.8 Å². The van der Waals surface area contributed by atoms with Crippen molar-refractivity contribution in [2.45, 2.75) is 6.92 Å². The Balaban J connectivity index is 2.13. The summed E-state index contributed by atoms with van der Waals surface area (Å²) in [6.07, 6.45) is 4.41. The summed E-state index contributed by atoms with van der Waals surface area (Å²) in [5, 5.41) is 0. The minimum atomic E-state index is 0.307. The van der Waals surface area contributed by atoms with Crippen molar-refractivity contribution < 1.29 is 4.57 Å². The molecule has 0 bridgehead atoms. The SMILES string of the molecule is CC1=Cc2ccccc2N(C)B1c1cccc[n+]1C. The quantitative estimate of drug-likeness (QED) is 0.552. The van der Waals surface area contributed by atoms with E-state index in [0.29, 0.717) is 6.85 Å². The Labute approximate surface area is 115 Å². The lowest BCUT2D eigenvalue weighted by atomic mass is 9.49. The fraction of sp³-hybridized carbons (Fsp3) is 0.188. The molecule has 1 aliphatic heterocycles. The van der Waals surface area contributed by atoms with Crippen LogP contribution in [0.5, 0.6) is 0 Å². The molecule has 1 aromatic carbocycles. The van der Waals surface area contributed by atoms with E-state index in [1.165, 1.54) is 22.3 Å². The molecular weight excluding hydrogens is 231 g/mol. The van der Waals surface area contributed by atoms with Crippen LogP contribution in [0.4, 0.5) is 5.69 Å². The third kappa shape index (κ3) is 1.95. The van der Waals surface area contributed by atoms with Gasteiger partial charge in [0, 0.05) is 11.8 Å². The van der Waals surface area contributed by atoms with E-state index in [2.05, 4.69) is 85.1 Å².